The molecule has 45 heavy (non-hydrogen) atoms. The second-order valence-corrected chi connectivity index (χ2v) is 11.6. The van der Waals surface area contributed by atoms with Crippen molar-refractivity contribution in [2.45, 2.75) is 114 Å². The zero-order valence-electron chi connectivity index (χ0n) is 29.2. The van der Waals surface area contributed by atoms with E-state index in [0.717, 1.165) is 6.34 Å². The Balaban J connectivity index is 0. The third kappa shape index (κ3) is 13.8. The summed E-state index contributed by atoms with van der Waals surface area (Å²) >= 11 is 0. The Hall–Kier alpha value is -3.85. The summed E-state index contributed by atoms with van der Waals surface area (Å²) < 4.78 is 23.5. The number of aromatic nitrogens is 1. The second-order valence-electron chi connectivity index (χ2n) is 11.6. The Morgan fingerprint density at radius 1 is 0.933 bits per heavy atom. The third-order valence-electron chi connectivity index (χ3n) is 6.48. The molecule has 12 heteroatoms. The minimum atomic E-state index is -1.29. The van der Waals surface area contributed by atoms with E-state index < -0.39 is 53.7 Å². The van der Waals surface area contributed by atoms with Gasteiger partial charge in [-0.05, 0) is 32.9 Å². The lowest BCUT2D eigenvalue weighted by Crippen LogP contribution is -2.49. The van der Waals surface area contributed by atoms with E-state index in [1.54, 1.807) is 74.4 Å². The van der Waals surface area contributed by atoms with E-state index >= 15 is 0 Å². The number of carbonyl (C=O) groups excluding carboxylic acids is 4. The summed E-state index contributed by atoms with van der Waals surface area (Å²) in [7, 11) is 0. The van der Waals surface area contributed by atoms with Crippen LogP contribution in [0.3, 0.4) is 0 Å². The van der Waals surface area contributed by atoms with E-state index in [2.05, 4.69) is 16.5 Å². The lowest BCUT2D eigenvalue weighted by Gasteiger charge is -2.31. The minimum absolute atomic E-state index is 0.200. The van der Waals surface area contributed by atoms with Crippen LogP contribution in [0.5, 0.6) is 0 Å². The van der Waals surface area contributed by atoms with Gasteiger partial charge in [-0.3, -0.25) is 24.6 Å². The molecular weight excluding hydrogens is 580 g/mol. The highest BCUT2D eigenvalue weighted by Gasteiger charge is 2.58. The molecule has 1 saturated heterocycles. The quantitative estimate of drug-likeness (QED) is 0.128. The lowest BCUT2D eigenvalue weighted by atomic mass is 9.95. The van der Waals surface area contributed by atoms with Gasteiger partial charge in [0, 0.05) is 18.2 Å². The van der Waals surface area contributed by atoms with Gasteiger partial charge < -0.3 is 23.9 Å². The van der Waals surface area contributed by atoms with Crippen molar-refractivity contribution in [3.63, 3.8) is 0 Å². The Morgan fingerprint density at radius 2 is 1.40 bits per heavy atom. The van der Waals surface area contributed by atoms with Crippen LogP contribution < -0.4 is 0 Å². The number of esters is 3. The number of aliphatic imine (C=N–C) groups is 1. The Kier molecular flexibility index (Phi) is 20.2. The molecule has 0 unspecified atom stereocenters. The van der Waals surface area contributed by atoms with Crippen LogP contribution in [0.15, 0.2) is 17.1 Å². The Bertz CT molecular complexity index is 1150. The number of Topliss-reactive ketones (excluding diaryl/α,β-unsaturated/α-hetero) is 1. The van der Waals surface area contributed by atoms with Gasteiger partial charge in [-0.2, -0.15) is 0 Å². The second kappa shape index (κ2) is 21.0. The first-order valence-electron chi connectivity index (χ1n) is 15.2. The summed E-state index contributed by atoms with van der Waals surface area (Å²) in [5.41, 5.74) is 0.504. The summed E-state index contributed by atoms with van der Waals surface area (Å²) in [5, 5.41) is 13.7. The average molecular weight is 635 g/mol. The first-order chi connectivity index (χ1) is 20.9. The van der Waals surface area contributed by atoms with Crippen LogP contribution in [0.1, 0.15) is 108 Å². The smallest absolute Gasteiger partial charge is 0.308 e. The van der Waals surface area contributed by atoms with Crippen LogP contribution in [0.25, 0.3) is 0 Å². The van der Waals surface area contributed by atoms with Crippen molar-refractivity contribution in [2.24, 2.45) is 28.7 Å². The van der Waals surface area contributed by atoms with Gasteiger partial charge in [0.2, 0.25) is 0 Å². The topological polar surface area (TPSA) is 181 Å². The van der Waals surface area contributed by atoms with Gasteiger partial charge in [0.05, 0.1) is 29.2 Å². The number of nitrogens with one attached hydrogen (secondary N) is 2. The van der Waals surface area contributed by atoms with Crippen molar-refractivity contribution in [3.05, 3.63) is 23.5 Å². The molecule has 4 atom stereocenters. The Morgan fingerprint density at radius 3 is 1.82 bits per heavy atom. The zero-order chi connectivity index (χ0) is 35.7. The molecule has 0 amide bonds. The van der Waals surface area contributed by atoms with E-state index in [4.69, 9.17) is 29.6 Å². The summed E-state index contributed by atoms with van der Waals surface area (Å²) in [4.78, 5) is 54.8. The zero-order valence-corrected chi connectivity index (χ0v) is 29.2. The van der Waals surface area contributed by atoms with Crippen molar-refractivity contribution in [1.29, 1.82) is 10.7 Å². The molecule has 2 rings (SSSR count). The highest BCUT2D eigenvalue weighted by molar-refractivity contribution is 6.00. The van der Waals surface area contributed by atoms with Crippen molar-refractivity contribution >= 4 is 35.7 Å². The minimum Gasteiger partial charge on any atom is -0.462 e. The first-order valence-corrected chi connectivity index (χ1v) is 15.2. The number of H-pyrrole nitrogens is 1. The summed E-state index contributed by atoms with van der Waals surface area (Å²) in [6.45, 7) is 26.3. The van der Waals surface area contributed by atoms with Crippen molar-refractivity contribution < 1.29 is 38.1 Å². The van der Waals surface area contributed by atoms with Crippen LogP contribution in [-0.4, -0.2) is 65.1 Å². The van der Waals surface area contributed by atoms with Crippen LogP contribution in [0.2, 0.25) is 0 Å². The molecule has 0 bridgehead atoms. The monoisotopic (exact) mass is 634 g/mol. The molecular formula is C33H54N4O8. The first kappa shape index (κ1) is 43.3. The molecule has 0 aliphatic carbocycles. The van der Waals surface area contributed by atoms with Gasteiger partial charge in [-0.1, -0.05) is 69.2 Å². The normalized spacial score (nSPS) is 20.6. The predicted octanol–water partition coefficient (Wildman–Crippen LogP) is 5.99. The van der Waals surface area contributed by atoms with Crippen LogP contribution in [-0.2, 0) is 38.1 Å². The lowest BCUT2D eigenvalue weighted by molar-refractivity contribution is -0.180. The maximum atomic E-state index is 12.6. The SMILES string of the molecule is C#N.CC.CC(=NC=N)c1ccc([C@@H]2O[C@](C)(COC(=O)C(C)C)[C@@H](OC(=O)C(C)C)[C@H]2OC(=O)C(C)C)[nH]1.CC(=O)C(C)C. The van der Waals surface area contributed by atoms with Crippen molar-refractivity contribution in [2.75, 3.05) is 6.61 Å². The molecule has 1 fully saturated rings. The number of hydrogen-bond acceptors (Lipinski definition) is 10. The molecule has 1 aliphatic heterocycles. The van der Waals surface area contributed by atoms with E-state index in [-0.39, 0.29) is 24.2 Å². The molecule has 0 saturated carbocycles. The van der Waals surface area contributed by atoms with Crippen LogP contribution in [0, 0.1) is 40.9 Å². The molecule has 1 aromatic rings. The van der Waals surface area contributed by atoms with Gasteiger partial charge in [0.15, 0.2) is 12.2 Å². The highest BCUT2D eigenvalue weighted by atomic mass is 16.7. The summed E-state index contributed by atoms with van der Waals surface area (Å²) in [6, 6.07) is 3.53. The number of rotatable bonds is 11. The number of nitrogens with zero attached hydrogens (tertiary/aromatic N) is 2. The third-order valence-corrected chi connectivity index (χ3v) is 6.48. The largest absolute Gasteiger partial charge is 0.462 e. The molecule has 2 heterocycles. The molecule has 0 spiro atoms. The number of carbonyl (C=O) groups is 4. The number of hydrogen-bond donors (Lipinski definition) is 2. The maximum absolute atomic E-state index is 12.6. The molecule has 2 N–H and O–H groups in total. The van der Waals surface area contributed by atoms with Gasteiger partial charge in [-0.15, -0.1) is 0 Å². The highest BCUT2D eigenvalue weighted by Crippen LogP contribution is 2.44. The van der Waals surface area contributed by atoms with E-state index in [1.165, 1.54) is 0 Å². The number of ether oxygens (including phenoxy) is 4. The summed E-state index contributed by atoms with van der Waals surface area (Å²) in [6.07, 6.45) is -1.93. The van der Waals surface area contributed by atoms with Gasteiger partial charge >= 0.3 is 17.9 Å². The van der Waals surface area contributed by atoms with E-state index in [9.17, 15) is 19.2 Å². The van der Waals surface area contributed by atoms with E-state index in [1.807, 2.05) is 27.7 Å². The Labute approximate surface area is 268 Å². The van der Waals surface area contributed by atoms with E-state index in [0.29, 0.717) is 17.1 Å². The fourth-order valence-corrected chi connectivity index (χ4v) is 3.47. The van der Waals surface area contributed by atoms with Crippen LogP contribution >= 0.6 is 0 Å². The predicted molar refractivity (Wildman–Crippen MR) is 173 cm³/mol. The fourth-order valence-electron chi connectivity index (χ4n) is 3.47. The fraction of sp³-hybridized carbons (Fsp3) is 0.667. The van der Waals surface area contributed by atoms with Crippen LogP contribution in [0.4, 0.5) is 0 Å². The number of nitriles is 1. The van der Waals surface area contributed by atoms with Crippen molar-refractivity contribution in [1.82, 2.24) is 4.98 Å². The number of aromatic amines is 1. The average Bonchev–Trinajstić information content (AvgIpc) is 3.58. The van der Waals surface area contributed by atoms with Gasteiger partial charge in [-0.25, -0.2) is 10.3 Å². The summed E-state index contributed by atoms with van der Waals surface area (Å²) in [5.74, 6) is -2.15. The molecule has 254 valence electrons. The standard InChI is InChI=1S/C25H37N3O7.C5H10O.C2H6.CHN/c1-13(2)22(29)32-11-25(8)21(34-24(31)15(5)6)20(33-23(30)14(3)4)19(35-25)18-10-9-17(28-18)16(7)27-12-26;1-4(2)5(3)6;2*1-2/h9-10,12-15,19-21,26,28H,11H2,1-8H3;4H,1-3H3;1-2H3;1H/t19-,20-,21-,25+;;;/m0.../s1. The molecule has 0 aromatic carbocycles. The molecule has 0 radical (unpaired) electrons. The molecule has 1 aromatic heterocycles. The maximum Gasteiger partial charge on any atom is 0.308 e. The number of ketones is 1. The molecule has 1 aliphatic rings. The van der Waals surface area contributed by atoms with Gasteiger partial charge in [0.1, 0.15) is 30.4 Å². The van der Waals surface area contributed by atoms with Crippen molar-refractivity contribution in [3.8, 4) is 6.57 Å². The van der Waals surface area contributed by atoms with Gasteiger partial charge in [0.25, 0.3) is 0 Å². The molecule has 12 nitrogen and oxygen atoms in total.